The van der Waals surface area contributed by atoms with Crippen LogP contribution in [0, 0.1) is 6.92 Å². The smallest absolute Gasteiger partial charge is 0.0455 e. The lowest BCUT2D eigenvalue weighted by Crippen LogP contribution is -2.28. The topological polar surface area (TPSA) is 15.3 Å². The highest BCUT2D eigenvalue weighted by Crippen LogP contribution is 2.20. The van der Waals surface area contributed by atoms with E-state index >= 15 is 0 Å². The van der Waals surface area contributed by atoms with Crippen LogP contribution in [0.15, 0.2) is 48.5 Å². The van der Waals surface area contributed by atoms with Crippen LogP contribution in [0.3, 0.4) is 0 Å². The molecule has 0 aliphatic heterocycles. The van der Waals surface area contributed by atoms with Crippen molar-refractivity contribution in [2.24, 2.45) is 0 Å². The number of likely N-dealkylation sites (N-methyl/N-ethyl adjacent to an activating group) is 1. The minimum absolute atomic E-state index is 0.811. The van der Waals surface area contributed by atoms with Crippen molar-refractivity contribution in [3.8, 4) is 0 Å². The van der Waals surface area contributed by atoms with Gasteiger partial charge in [-0.25, -0.2) is 0 Å². The van der Waals surface area contributed by atoms with Gasteiger partial charge in [-0.15, -0.1) is 0 Å². The minimum atomic E-state index is 0.811. The second-order valence-electron chi connectivity index (χ2n) is 4.81. The summed E-state index contributed by atoms with van der Waals surface area (Å²) >= 11 is 6.13. The fraction of sp³-hybridized carbons (Fsp3) is 0.294. The molecule has 20 heavy (non-hydrogen) atoms. The number of para-hydroxylation sites is 1. The lowest BCUT2D eigenvalue weighted by atomic mass is 10.2. The zero-order valence-corrected chi connectivity index (χ0v) is 12.8. The van der Waals surface area contributed by atoms with E-state index < -0.39 is 0 Å². The van der Waals surface area contributed by atoms with Gasteiger partial charge < -0.3 is 10.2 Å². The molecule has 0 amide bonds. The van der Waals surface area contributed by atoms with E-state index in [-0.39, 0.29) is 0 Å². The molecule has 0 aliphatic carbocycles. The molecule has 0 radical (unpaired) electrons. The summed E-state index contributed by atoms with van der Waals surface area (Å²) in [6.45, 7) is 7.05. The normalized spacial score (nSPS) is 10.3. The molecule has 0 aromatic heterocycles. The Morgan fingerprint density at radius 1 is 1.10 bits per heavy atom. The van der Waals surface area contributed by atoms with Gasteiger partial charge in [0.2, 0.25) is 0 Å². The Morgan fingerprint density at radius 3 is 2.50 bits per heavy atom. The van der Waals surface area contributed by atoms with Crippen molar-refractivity contribution in [3.63, 3.8) is 0 Å². The summed E-state index contributed by atoms with van der Waals surface area (Å²) in [5, 5.41) is 4.23. The molecule has 3 heteroatoms. The summed E-state index contributed by atoms with van der Waals surface area (Å²) in [6, 6.07) is 16.6. The first kappa shape index (κ1) is 14.7. The van der Waals surface area contributed by atoms with Crippen LogP contribution in [0.5, 0.6) is 0 Å². The van der Waals surface area contributed by atoms with Crippen LogP contribution >= 0.6 is 11.6 Å². The average molecular weight is 289 g/mol. The fourth-order valence-corrected chi connectivity index (χ4v) is 2.33. The van der Waals surface area contributed by atoms with Crippen LogP contribution in [0.1, 0.15) is 12.5 Å². The monoisotopic (exact) mass is 288 g/mol. The molecule has 2 aromatic rings. The number of anilines is 2. The van der Waals surface area contributed by atoms with Crippen LogP contribution in [-0.2, 0) is 0 Å². The SMILES string of the molecule is CCN(CCNc1ccc(C)c(Cl)c1)c1ccccc1. The number of benzene rings is 2. The summed E-state index contributed by atoms with van der Waals surface area (Å²) in [7, 11) is 0. The first-order chi connectivity index (χ1) is 9.70. The van der Waals surface area contributed by atoms with E-state index in [1.807, 2.05) is 25.1 Å². The molecule has 0 aliphatic rings. The number of nitrogens with zero attached hydrogens (tertiary/aromatic N) is 1. The molecule has 0 unspecified atom stereocenters. The van der Waals surface area contributed by atoms with Crippen LogP contribution in [-0.4, -0.2) is 19.6 Å². The third-order valence-electron chi connectivity index (χ3n) is 3.39. The van der Waals surface area contributed by atoms with Crippen molar-refractivity contribution in [2.75, 3.05) is 29.9 Å². The van der Waals surface area contributed by atoms with E-state index in [4.69, 9.17) is 11.6 Å². The quantitative estimate of drug-likeness (QED) is 0.836. The predicted octanol–water partition coefficient (Wildman–Crippen LogP) is 4.59. The standard InChI is InChI=1S/C17H21ClN2/c1-3-20(16-7-5-4-6-8-16)12-11-19-15-10-9-14(2)17(18)13-15/h4-10,13,19H,3,11-12H2,1-2H3. The Bertz CT molecular complexity index is 540. The van der Waals surface area contributed by atoms with Gasteiger partial charge in [0.05, 0.1) is 0 Å². The minimum Gasteiger partial charge on any atom is -0.383 e. The molecule has 2 rings (SSSR count). The summed E-state index contributed by atoms with van der Waals surface area (Å²) in [5.41, 5.74) is 3.44. The Balaban J connectivity index is 1.89. The van der Waals surface area contributed by atoms with E-state index in [0.29, 0.717) is 0 Å². The lowest BCUT2D eigenvalue weighted by molar-refractivity contribution is 0.835. The molecular formula is C17H21ClN2. The Labute approximate surface area is 126 Å². The number of nitrogens with one attached hydrogen (secondary N) is 1. The summed E-state index contributed by atoms with van der Waals surface area (Å²) in [5.74, 6) is 0. The van der Waals surface area contributed by atoms with Gasteiger partial charge in [-0.1, -0.05) is 35.9 Å². The zero-order chi connectivity index (χ0) is 14.4. The summed E-state index contributed by atoms with van der Waals surface area (Å²) in [6.07, 6.45) is 0. The van der Waals surface area contributed by atoms with Gasteiger partial charge in [0.1, 0.15) is 0 Å². The number of rotatable bonds is 6. The van der Waals surface area contributed by atoms with Crippen molar-refractivity contribution < 1.29 is 0 Å². The molecule has 2 aromatic carbocycles. The molecule has 0 saturated heterocycles. The van der Waals surface area contributed by atoms with Gasteiger partial charge in [0.15, 0.2) is 0 Å². The molecule has 106 valence electrons. The maximum Gasteiger partial charge on any atom is 0.0455 e. The van der Waals surface area contributed by atoms with Crippen LogP contribution in [0.4, 0.5) is 11.4 Å². The molecule has 0 saturated carbocycles. The van der Waals surface area contributed by atoms with Crippen LogP contribution in [0.25, 0.3) is 0 Å². The molecule has 0 atom stereocenters. The van der Waals surface area contributed by atoms with Gasteiger partial charge >= 0.3 is 0 Å². The average Bonchev–Trinajstić information content (AvgIpc) is 2.48. The fourth-order valence-electron chi connectivity index (χ4n) is 2.15. The first-order valence-electron chi connectivity index (χ1n) is 7.00. The number of aryl methyl sites for hydroxylation is 1. The highest BCUT2D eigenvalue weighted by molar-refractivity contribution is 6.31. The molecular weight excluding hydrogens is 268 g/mol. The number of hydrogen-bond donors (Lipinski definition) is 1. The van der Waals surface area contributed by atoms with Gasteiger partial charge in [-0.3, -0.25) is 0 Å². The Kier molecular flexibility index (Phi) is 5.31. The van der Waals surface area contributed by atoms with Crippen molar-refractivity contribution in [1.82, 2.24) is 0 Å². The Hall–Kier alpha value is -1.67. The molecule has 1 N–H and O–H groups in total. The second-order valence-corrected chi connectivity index (χ2v) is 5.21. The maximum atomic E-state index is 6.13. The third kappa shape index (κ3) is 3.91. The van der Waals surface area contributed by atoms with E-state index in [9.17, 15) is 0 Å². The van der Waals surface area contributed by atoms with E-state index in [1.54, 1.807) is 0 Å². The molecule has 2 nitrogen and oxygen atoms in total. The largest absolute Gasteiger partial charge is 0.383 e. The van der Waals surface area contributed by atoms with Crippen molar-refractivity contribution in [1.29, 1.82) is 0 Å². The van der Waals surface area contributed by atoms with Gasteiger partial charge in [-0.05, 0) is 43.7 Å². The lowest BCUT2D eigenvalue weighted by Gasteiger charge is -2.23. The second kappa shape index (κ2) is 7.20. The Morgan fingerprint density at radius 2 is 1.85 bits per heavy atom. The third-order valence-corrected chi connectivity index (χ3v) is 3.79. The summed E-state index contributed by atoms with van der Waals surface area (Å²) in [4.78, 5) is 2.35. The van der Waals surface area contributed by atoms with Gasteiger partial charge in [0, 0.05) is 36.0 Å². The molecule has 0 bridgehead atoms. The van der Waals surface area contributed by atoms with Crippen molar-refractivity contribution in [3.05, 3.63) is 59.1 Å². The van der Waals surface area contributed by atoms with Gasteiger partial charge in [0.25, 0.3) is 0 Å². The van der Waals surface area contributed by atoms with E-state index in [1.165, 1.54) is 5.69 Å². The van der Waals surface area contributed by atoms with E-state index in [0.717, 1.165) is 35.9 Å². The highest BCUT2D eigenvalue weighted by Gasteiger charge is 2.03. The zero-order valence-electron chi connectivity index (χ0n) is 12.1. The molecule has 0 fully saturated rings. The number of halogens is 1. The maximum absolute atomic E-state index is 6.13. The summed E-state index contributed by atoms with van der Waals surface area (Å²) < 4.78 is 0. The van der Waals surface area contributed by atoms with Crippen LogP contribution in [0.2, 0.25) is 5.02 Å². The van der Waals surface area contributed by atoms with Gasteiger partial charge in [-0.2, -0.15) is 0 Å². The first-order valence-corrected chi connectivity index (χ1v) is 7.38. The van der Waals surface area contributed by atoms with E-state index in [2.05, 4.69) is 47.5 Å². The molecule has 0 heterocycles. The van der Waals surface area contributed by atoms with Crippen molar-refractivity contribution >= 4 is 23.0 Å². The van der Waals surface area contributed by atoms with Crippen molar-refractivity contribution in [2.45, 2.75) is 13.8 Å². The highest BCUT2D eigenvalue weighted by atomic mass is 35.5. The number of hydrogen-bond acceptors (Lipinski definition) is 2. The van der Waals surface area contributed by atoms with Crippen LogP contribution < -0.4 is 10.2 Å². The predicted molar refractivity (Wildman–Crippen MR) is 89.0 cm³/mol. The molecule has 0 spiro atoms.